The number of aliphatic hydroxyl groups is 1. The fourth-order valence-electron chi connectivity index (χ4n) is 9.03. The van der Waals surface area contributed by atoms with Crippen molar-refractivity contribution in [2.24, 2.45) is 0 Å². The van der Waals surface area contributed by atoms with E-state index in [0.29, 0.717) is 64.8 Å². The minimum absolute atomic E-state index is 0.174. The molecule has 2 atom stereocenters. The molecule has 6 aromatic rings. The Labute approximate surface area is 418 Å². The second kappa shape index (κ2) is 19.6. The van der Waals surface area contributed by atoms with Gasteiger partial charge in [-0.1, -0.05) is 46.4 Å². The molecule has 366 valence electrons. The van der Waals surface area contributed by atoms with Crippen LogP contribution >= 0.6 is 46.4 Å². The van der Waals surface area contributed by atoms with Crippen LogP contribution in [-0.2, 0) is 20.0 Å². The first-order chi connectivity index (χ1) is 32.8. The summed E-state index contributed by atoms with van der Waals surface area (Å²) in [4.78, 5) is 44.2. The second-order valence-corrected chi connectivity index (χ2v) is 22.7. The molecule has 19 nitrogen and oxygen atoms in total. The number of amides is 2. The van der Waals surface area contributed by atoms with Crippen LogP contribution in [0.3, 0.4) is 0 Å². The number of carbonyl (C=O) groups excluding carboxylic acids is 2. The Balaban J connectivity index is 0.000000176. The molecular weight excluding hydrogens is 1010 g/mol. The summed E-state index contributed by atoms with van der Waals surface area (Å²) < 4.78 is 55.5. The smallest absolute Gasteiger partial charge is 0.256 e. The normalized spacial score (nSPS) is 18.9. The third-order valence-electron chi connectivity index (χ3n) is 12.4. The summed E-state index contributed by atoms with van der Waals surface area (Å²) in [5.41, 5.74) is 3.28. The standard InChI is InChI=1S/C25H30ClN7O4S.C19H18Cl3N5O3S/c1-38(36,37)29-19-7-6-16(26)11-18(19)25(35)32-10-3-2-5-21(32)20-12-23-27-22(30-8-4-9-30)13-24(33(23)28-20)31-14-17(34)15-31;1-31(29,30)25-13-6-5-11(20)8-12(13)19(28)26-7-3-2-4-15(26)14-9-18-23-16(21)10-17(22)27(18)24-14/h6-7,11-13,17,21,29,34H,2-5,8-10,14-15H2,1H3;5-6,8-10,15,25H,2-4,7H2,1H3/t21-;15-/m00/s1. The summed E-state index contributed by atoms with van der Waals surface area (Å²) in [5, 5.41) is 20.6. The van der Waals surface area contributed by atoms with E-state index in [2.05, 4.69) is 29.3 Å². The maximum Gasteiger partial charge on any atom is 0.256 e. The van der Waals surface area contributed by atoms with Gasteiger partial charge in [0, 0.05) is 73.6 Å². The molecule has 0 spiro atoms. The molecule has 4 fully saturated rings. The number of nitrogens with zero attached hydrogens (tertiary/aromatic N) is 10. The Bertz CT molecular complexity index is 3200. The lowest BCUT2D eigenvalue weighted by atomic mass is 9.98. The van der Waals surface area contributed by atoms with Crippen molar-refractivity contribution >= 4 is 113 Å². The zero-order chi connectivity index (χ0) is 48.9. The molecule has 0 radical (unpaired) electrons. The van der Waals surface area contributed by atoms with Gasteiger partial charge in [-0.05, 0) is 81.3 Å². The van der Waals surface area contributed by atoms with Crippen molar-refractivity contribution in [3.63, 3.8) is 0 Å². The second-order valence-electron chi connectivity index (χ2n) is 17.6. The molecule has 2 aromatic carbocycles. The fraction of sp³-hybridized carbons (Fsp3) is 0.409. The van der Waals surface area contributed by atoms with E-state index in [1.54, 1.807) is 26.4 Å². The lowest BCUT2D eigenvalue weighted by Crippen LogP contribution is -2.51. The van der Waals surface area contributed by atoms with Crippen molar-refractivity contribution in [2.75, 3.05) is 71.0 Å². The minimum atomic E-state index is -3.60. The number of aromatic nitrogens is 6. The number of hydrogen-bond donors (Lipinski definition) is 3. The Morgan fingerprint density at radius 2 is 1.13 bits per heavy atom. The quantitative estimate of drug-likeness (QED) is 0.119. The number of likely N-dealkylation sites (tertiary alicyclic amines) is 2. The van der Waals surface area contributed by atoms with Crippen LogP contribution in [0.25, 0.3) is 11.3 Å². The molecule has 0 aliphatic carbocycles. The highest BCUT2D eigenvalue weighted by Gasteiger charge is 2.35. The molecule has 4 aromatic heterocycles. The maximum atomic E-state index is 13.9. The van der Waals surface area contributed by atoms with E-state index in [0.717, 1.165) is 81.5 Å². The number of aliphatic hydroxyl groups excluding tert-OH is 1. The van der Waals surface area contributed by atoms with E-state index >= 15 is 0 Å². The van der Waals surface area contributed by atoms with Gasteiger partial charge in [-0.3, -0.25) is 19.0 Å². The number of hydrogen-bond acceptors (Lipinski definition) is 13. The topological polar surface area (TPSA) is 220 Å². The Morgan fingerprint density at radius 3 is 1.61 bits per heavy atom. The molecular formula is C44H48Cl4N12O7S2. The van der Waals surface area contributed by atoms with E-state index in [1.807, 2.05) is 12.1 Å². The summed E-state index contributed by atoms with van der Waals surface area (Å²) in [6, 6.07) is 15.6. The number of rotatable bonds is 10. The average Bonchev–Trinajstić information content (AvgIpc) is 3.90. The highest BCUT2D eigenvalue weighted by molar-refractivity contribution is 7.92. The molecule has 0 unspecified atom stereocenters. The van der Waals surface area contributed by atoms with E-state index < -0.39 is 20.0 Å². The number of fused-ring (bicyclic) bond motifs is 2. The first-order valence-corrected chi connectivity index (χ1v) is 27.5. The van der Waals surface area contributed by atoms with Crippen molar-refractivity contribution < 1.29 is 31.5 Å². The van der Waals surface area contributed by atoms with Gasteiger partial charge in [0.15, 0.2) is 11.3 Å². The summed E-state index contributed by atoms with van der Waals surface area (Å²) in [7, 11) is -7.18. The van der Waals surface area contributed by atoms with Gasteiger partial charge in [0.25, 0.3) is 11.8 Å². The van der Waals surface area contributed by atoms with Crippen LogP contribution in [0.2, 0.25) is 20.4 Å². The van der Waals surface area contributed by atoms with Crippen LogP contribution in [0.4, 0.5) is 23.0 Å². The molecule has 69 heavy (non-hydrogen) atoms. The lowest BCUT2D eigenvalue weighted by Gasteiger charge is -2.39. The molecule has 2 amide bonds. The van der Waals surface area contributed by atoms with E-state index in [4.69, 9.17) is 56.5 Å². The Morgan fingerprint density at radius 1 is 0.623 bits per heavy atom. The predicted molar refractivity (Wildman–Crippen MR) is 266 cm³/mol. The molecule has 8 heterocycles. The van der Waals surface area contributed by atoms with Gasteiger partial charge in [-0.15, -0.1) is 0 Å². The van der Waals surface area contributed by atoms with Crippen LogP contribution in [0.5, 0.6) is 0 Å². The van der Waals surface area contributed by atoms with E-state index in [9.17, 15) is 31.5 Å². The summed E-state index contributed by atoms with van der Waals surface area (Å²) in [5.74, 6) is 1.11. The first-order valence-electron chi connectivity index (χ1n) is 22.3. The number of sulfonamides is 2. The van der Waals surface area contributed by atoms with Crippen molar-refractivity contribution in [2.45, 2.75) is 63.1 Å². The number of piperidine rings is 2. The van der Waals surface area contributed by atoms with Crippen molar-refractivity contribution in [3.05, 3.63) is 104 Å². The van der Waals surface area contributed by atoms with Gasteiger partial charge in [-0.2, -0.15) is 14.7 Å². The van der Waals surface area contributed by atoms with Crippen molar-refractivity contribution in [1.82, 2.24) is 39.0 Å². The molecule has 4 aliphatic rings. The number of halogens is 4. The molecule has 0 bridgehead atoms. The van der Waals surface area contributed by atoms with Gasteiger partial charge in [-0.25, -0.2) is 31.3 Å². The van der Waals surface area contributed by atoms with Crippen molar-refractivity contribution in [3.8, 4) is 0 Å². The molecule has 3 N–H and O–H groups in total. The highest BCUT2D eigenvalue weighted by atomic mass is 35.5. The molecule has 25 heteroatoms. The SMILES string of the molecule is CS(=O)(=O)Nc1ccc(Cl)cc1C(=O)N1CCCC[C@H]1c1cc2nc(Cl)cc(Cl)n2n1.CS(=O)(=O)Nc1ccc(Cl)cc1C(=O)N1CCCC[C@H]1c1cc2nc(N3CCC3)cc(N3CC(O)C3)n2n1. The van der Waals surface area contributed by atoms with Gasteiger partial charge >= 0.3 is 0 Å². The maximum absolute atomic E-state index is 13.9. The molecule has 4 saturated heterocycles. The molecule has 4 aliphatic heterocycles. The van der Waals surface area contributed by atoms with Crippen LogP contribution in [0, 0.1) is 0 Å². The van der Waals surface area contributed by atoms with Crippen LogP contribution in [0.15, 0.2) is 60.7 Å². The summed E-state index contributed by atoms with van der Waals surface area (Å²) in [6.45, 7) is 3.99. The monoisotopic (exact) mass is 1060 g/mol. The van der Waals surface area contributed by atoms with Crippen molar-refractivity contribution in [1.29, 1.82) is 0 Å². The van der Waals surface area contributed by atoms with Crippen LogP contribution in [0.1, 0.15) is 89.1 Å². The average molecular weight is 1060 g/mol. The molecule has 0 saturated carbocycles. The van der Waals surface area contributed by atoms with E-state index in [1.165, 1.54) is 40.9 Å². The number of carbonyl (C=O) groups is 2. The zero-order valence-corrected chi connectivity index (χ0v) is 42.1. The third kappa shape index (κ3) is 10.8. The lowest BCUT2D eigenvalue weighted by molar-refractivity contribution is 0.0600. The van der Waals surface area contributed by atoms with Gasteiger partial charge in [0.05, 0.1) is 64.6 Å². The van der Waals surface area contributed by atoms with Gasteiger partial charge in [0.2, 0.25) is 20.0 Å². The van der Waals surface area contributed by atoms with Gasteiger partial charge in [0.1, 0.15) is 21.9 Å². The molecule has 10 rings (SSSR count). The number of β-amino-alcohol motifs (C(OH)–C–C–N with tert-alkyl or cyclic N) is 1. The largest absolute Gasteiger partial charge is 0.389 e. The highest BCUT2D eigenvalue weighted by Crippen LogP contribution is 2.37. The number of nitrogens with one attached hydrogen (secondary N) is 2. The van der Waals surface area contributed by atoms with Crippen LogP contribution in [-0.4, -0.2) is 131 Å². The first kappa shape index (κ1) is 48.8. The fourth-order valence-corrected chi connectivity index (χ4v) is 11.0. The summed E-state index contributed by atoms with van der Waals surface area (Å²) >= 11 is 24.5. The van der Waals surface area contributed by atoms with E-state index in [-0.39, 0.29) is 57.7 Å². The Hall–Kier alpha value is -5.16. The number of benzene rings is 2. The van der Waals surface area contributed by atoms with Crippen LogP contribution < -0.4 is 19.2 Å². The Kier molecular flexibility index (Phi) is 13.8. The van der Waals surface area contributed by atoms with Gasteiger partial charge < -0.3 is 24.7 Å². The third-order valence-corrected chi connectivity index (χ3v) is 14.5. The zero-order valence-electron chi connectivity index (χ0n) is 37.4. The number of anilines is 4. The predicted octanol–water partition coefficient (Wildman–Crippen LogP) is 6.94. The summed E-state index contributed by atoms with van der Waals surface area (Å²) in [6.07, 6.45) is 7.75. The minimum Gasteiger partial charge on any atom is -0.389 e.